The Morgan fingerprint density at radius 2 is 1.74 bits per heavy atom. The Hall–Kier alpha value is -0.620. The van der Waals surface area contributed by atoms with Crippen molar-refractivity contribution in [1.82, 2.24) is 4.31 Å². The van der Waals surface area contributed by atoms with Gasteiger partial charge in [-0.1, -0.05) is 19.3 Å². The fourth-order valence-electron chi connectivity index (χ4n) is 2.39. The lowest BCUT2D eigenvalue weighted by molar-refractivity contribution is -0.155. The van der Waals surface area contributed by atoms with Gasteiger partial charge < -0.3 is 4.74 Å². The molecule has 0 spiro atoms. The molecule has 0 bridgehead atoms. The van der Waals surface area contributed by atoms with E-state index in [-0.39, 0.29) is 12.6 Å². The molecule has 0 atom stereocenters. The number of carbonyl (C=O) groups excluding carboxylic acids is 1. The fraction of sp³-hybridized carbons (Fsp3) is 0.923. The van der Waals surface area contributed by atoms with Crippen LogP contribution in [-0.4, -0.2) is 43.1 Å². The standard InChI is InChI=1S/C13H25NO4S/c1-13(2,3)18-12(15)10-14(19(4,16)17)11-8-6-5-7-9-11/h11H,5-10H2,1-4H3. The Balaban J connectivity index is 2.73. The molecule has 0 aromatic carbocycles. The molecule has 0 N–H and O–H groups in total. The van der Waals surface area contributed by atoms with Gasteiger partial charge in [0.05, 0.1) is 6.26 Å². The number of esters is 1. The van der Waals surface area contributed by atoms with E-state index >= 15 is 0 Å². The highest BCUT2D eigenvalue weighted by atomic mass is 32.2. The Kier molecular flexibility index (Phi) is 5.38. The molecule has 5 nitrogen and oxygen atoms in total. The number of hydrogen-bond acceptors (Lipinski definition) is 4. The largest absolute Gasteiger partial charge is 0.459 e. The van der Waals surface area contributed by atoms with E-state index in [9.17, 15) is 13.2 Å². The molecule has 0 aromatic rings. The number of carbonyl (C=O) groups is 1. The van der Waals surface area contributed by atoms with Crippen molar-refractivity contribution in [3.63, 3.8) is 0 Å². The molecular formula is C13H25NO4S. The summed E-state index contributed by atoms with van der Waals surface area (Å²) in [5.74, 6) is -0.483. The number of hydrogen-bond donors (Lipinski definition) is 0. The number of ether oxygens (including phenoxy) is 1. The number of sulfonamides is 1. The van der Waals surface area contributed by atoms with Crippen LogP contribution in [0.25, 0.3) is 0 Å². The summed E-state index contributed by atoms with van der Waals surface area (Å²) in [6, 6.07) is -0.0590. The first kappa shape index (κ1) is 16.4. The first-order valence-corrected chi connectivity index (χ1v) is 8.63. The highest BCUT2D eigenvalue weighted by Gasteiger charge is 2.31. The monoisotopic (exact) mass is 291 g/mol. The molecule has 0 aliphatic heterocycles. The lowest BCUT2D eigenvalue weighted by atomic mass is 9.95. The van der Waals surface area contributed by atoms with Gasteiger partial charge in [0, 0.05) is 6.04 Å². The summed E-state index contributed by atoms with van der Waals surface area (Å²) in [6.45, 7) is 5.14. The summed E-state index contributed by atoms with van der Waals surface area (Å²) >= 11 is 0. The van der Waals surface area contributed by atoms with Crippen molar-refractivity contribution >= 4 is 16.0 Å². The van der Waals surface area contributed by atoms with Crippen LogP contribution in [0.4, 0.5) is 0 Å². The minimum absolute atomic E-state index is 0.0590. The van der Waals surface area contributed by atoms with Crippen LogP contribution in [-0.2, 0) is 19.6 Å². The number of rotatable bonds is 4. The van der Waals surface area contributed by atoms with Crippen LogP contribution in [0.2, 0.25) is 0 Å². The lowest BCUT2D eigenvalue weighted by Crippen LogP contribution is -2.45. The van der Waals surface area contributed by atoms with E-state index in [1.54, 1.807) is 20.8 Å². The zero-order chi connectivity index (χ0) is 14.7. The Bertz CT molecular complexity index is 405. The maximum Gasteiger partial charge on any atom is 0.321 e. The van der Waals surface area contributed by atoms with Crippen LogP contribution in [0.3, 0.4) is 0 Å². The molecule has 19 heavy (non-hydrogen) atoms. The van der Waals surface area contributed by atoms with Crippen LogP contribution < -0.4 is 0 Å². The maximum atomic E-state index is 11.8. The Morgan fingerprint density at radius 1 is 1.21 bits per heavy atom. The van der Waals surface area contributed by atoms with Crippen molar-refractivity contribution in [2.24, 2.45) is 0 Å². The predicted octanol–water partition coefficient (Wildman–Crippen LogP) is 1.92. The van der Waals surface area contributed by atoms with Gasteiger partial charge in [-0.3, -0.25) is 4.79 Å². The topological polar surface area (TPSA) is 63.7 Å². The minimum Gasteiger partial charge on any atom is -0.459 e. The third-order valence-electron chi connectivity index (χ3n) is 3.11. The second kappa shape index (κ2) is 6.22. The first-order chi connectivity index (χ1) is 8.59. The summed E-state index contributed by atoms with van der Waals surface area (Å²) in [5.41, 5.74) is -0.590. The van der Waals surface area contributed by atoms with Gasteiger partial charge in [0.2, 0.25) is 10.0 Å². The summed E-state index contributed by atoms with van der Waals surface area (Å²) in [5, 5.41) is 0. The molecule has 1 rings (SSSR count). The average molecular weight is 291 g/mol. The lowest BCUT2D eigenvalue weighted by Gasteiger charge is -2.32. The van der Waals surface area contributed by atoms with Gasteiger partial charge in [0.15, 0.2) is 0 Å². The van der Waals surface area contributed by atoms with Crippen LogP contribution >= 0.6 is 0 Å². The van der Waals surface area contributed by atoms with Crippen molar-refractivity contribution in [3.05, 3.63) is 0 Å². The zero-order valence-corrected chi connectivity index (χ0v) is 13.1. The Morgan fingerprint density at radius 3 is 2.16 bits per heavy atom. The molecule has 1 saturated carbocycles. The highest BCUT2D eigenvalue weighted by Crippen LogP contribution is 2.24. The molecule has 0 saturated heterocycles. The third-order valence-corrected chi connectivity index (χ3v) is 4.39. The summed E-state index contributed by atoms with van der Waals surface area (Å²) in [4.78, 5) is 11.8. The van der Waals surface area contributed by atoms with Crippen LogP contribution in [0, 0.1) is 0 Å². The molecule has 0 heterocycles. The minimum atomic E-state index is -3.38. The second-order valence-electron chi connectivity index (χ2n) is 6.19. The van der Waals surface area contributed by atoms with Crippen molar-refractivity contribution in [1.29, 1.82) is 0 Å². The van der Waals surface area contributed by atoms with E-state index in [0.717, 1.165) is 38.4 Å². The van der Waals surface area contributed by atoms with Crippen molar-refractivity contribution in [2.45, 2.75) is 64.5 Å². The van der Waals surface area contributed by atoms with E-state index in [1.807, 2.05) is 0 Å². The number of nitrogens with zero attached hydrogens (tertiary/aromatic N) is 1. The molecule has 0 unspecified atom stereocenters. The van der Waals surface area contributed by atoms with Gasteiger partial charge in [-0.15, -0.1) is 0 Å². The van der Waals surface area contributed by atoms with E-state index < -0.39 is 21.6 Å². The fourth-order valence-corrected chi connectivity index (χ4v) is 3.48. The van der Waals surface area contributed by atoms with E-state index in [0.29, 0.717) is 0 Å². The third kappa shape index (κ3) is 5.91. The van der Waals surface area contributed by atoms with Gasteiger partial charge in [-0.2, -0.15) is 4.31 Å². The van der Waals surface area contributed by atoms with Crippen LogP contribution in [0.1, 0.15) is 52.9 Å². The molecule has 1 fully saturated rings. The summed E-state index contributed by atoms with van der Waals surface area (Å²) in [7, 11) is -3.38. The second-order valence-corrected chi connectivity index (χ2v) is 8.12. The molecule has 1 aliphatic rings. The molecule has 0 radical (unpaired) electrons. The van der Waals surface area contributed by atoms with Crippen LogP contribution in [0.15, 0.2) is 0 Å². The predicted molar refractivity (Wildman–Crippen MR) is 74.3 cm³/mol. The Labute approximate surface area is 116 Å². The summed E-state index contributed by atoms with van der Waals surface area (Å²) in [6.07, 6.45) is 5.99. The van der Waals surface area contributed by atoms with Gasteiger partial charge in [-0.25, -0.2) is 8.42 Å². The molecule has 1 aliphatic carbocycles. The van der Waals surface area contributed by atoms with Gasteiger partial charge in [0.25, 0.3) is 0 Å². The molecular weight excluding hydrogens is 266 g/mol. The quantitative estimate of drug-likeness (QED) is 0.742. The molecule has 0 amide bonds. The highest BCUT2D eigenvalue weighted by molar-refractivity contribution is 7.88. The normalized spacial score (nSPS) is 18.6. The average Bonchev–Trinajstić information content (AvgIpc) is 2.23. The maximum absolute atomic E-state index is 11.8. The summed E-state index contributed by atoms with van der Waals surface area (Å²) < 4.78 is 30.2. The van der Waals surface area contributed by atoms with Crippen molar-refractivity contribution < 1.29 is 17.9 Å². The van der Waals surface area contributed by atoms with E-state index in [1.165, 1.54) is 4.31 Å². The van der Waals surface area contributed by atoms with E-state index in [4.69, 9.17) is 4.74 Å². The van der Waals surface area contributed by atoms with Gasteiger partial charge in [0.1, 0.15) is 12.1 Å². The van der Waals surface area contributed by atoms with Gasteiger partial charge in [-0.05, 0) is 33.6 Å². The SMILES string of the molecule is CC(C)(C)OC(=O)CN(C1CCCCC1)S(C)(=O)=O. The van der Waals surface area contributed by atoms with Crippen LogP contribution in [0.5, 0.6) is 0 Å². The molecule has 112 valence electrons. The molecule has 0 aromatic heterocycles. The molecule has 6 heteroatoms. The zero-order valence-electron chi connectivity index (χ0n) is 12.3. The smallest absolute Gasteiger partial charge is 0.321 e. The van der Waals surface area contributed by atoms with Crippen molar-refractivity contribution in [2.75, 3.05) is 12.8 Å². The van der Waals surface area contributed by atoms with Gasteiger partial charge >= 0.3 is 5.97 Å². The first-order valence-electron chi connectivity index (χ1n) is 6.78. The van der Waals surface area contributed by atoms with E-state index in [2.05, 4.69) is 0 Å². The van der Waals surface area contributed by atoms with Crippen molar-refractivity contribution in [3.8, 4) is 0 Å².